The minimum atomic E-state index is 0.318. The molecule has 2 fully saturated rings. The first-order valence-corrected chi connectivity index (χ1v) is 7.66. The van der Waals surface area contributed by atoms with Crippen molar-refractivity contribution in [1.82, 2.24) is 15.0 Å². The zero-order valence-corrected chi connectivity index (χ0v) is 12.2. The van der Waals surface area contributed by atoms with E-state index in [4.69, 9.17) is 4.52 Å². The number of carbonyl (C=O) groups excluding carboxylic acids is 1. The molecule has 1 amide bonds. The monoisotopic (exact) mass is 277 g/mol. The van der Waals surface area contributed by atoms with E-state index in [0.29, 0.717) is 11.8 Å². The molecule has 2 heterocycles. The fourth-order valence-electron chi connectivity index (χ4n) is 2.97. The van der Waals surface area contributed by atoms with Gasteiger partial charge in [0.25, 0.3) is 0 Å². The van der Waals surface area contributed by atoms with Crippen molar-refractivity contribution in [3.8, 4) is 0 Å². The Balaban J connectivity index is 1.52. The topological polar surface area (TPSA) is 49.6 Å². The van der Waals surface area contributed by atoms with Gasteiger partial charge in [0.05, 0.1) is 12.2 Å². The SMILES string of the molecule is Cc1cc(CN2CCCN(C(=O)C3CCC3)CC2)on1. The smallest absolute Gasteiger partial charge is 0.225 e. The molecule has 0 unspecified atom stereocenters. The van der Waals surface area contributed by atoms with Gasteiger partial charge in [0.1, 0.15) is 0 Å². The number of amides is 1. The van der Waals surface area contributed by atoms with Gasteiger partial charge < -0.3 is 9.42 Å². The van der Waals surface area contributed by atoms with Gasteiger partial charge in [-0.15, -0.1) is 0 Å². The van der Waals surface area contributed by atoms with E-state index in [0.717, 1.165) is 63.4 Å². The van der Waals surface area contributed by atoms with E-state index in [1.54, 1.807) is 0 Å². The molecule has 5 nitrogen and oxygen atoms in total. The predicted octanol–water partition coefficient (Wildman–Crippen LogP) is 1.82. The molecule has 20 heavy (non-hydrogen) atoms. The highest BCUT2D eigenvalue weighted by atomic mass is 16.5. The Kier molecular flexibility index (Phi) is 4.05. The van der Waals surface area contributed by atoms with Gasteiger partial charge in [-0.3, -0.25) is 9.69 Å². The van der Waals surface area contributed by atoms with Crippen molar-refractivity contribution in [3.05, 3.63) is 17.5 Å². The van der Waals surface area contributed by atoms with Gasteiger partial charge >= 0.3 is 0 Å². The average molecular weight is 277 g/mol. The van der Waals surface area contributed by atoms with Crippen molar-refractivity contribution in [1.29, 1.82) is 0 Å². The van der Waals surface area contributed by atoms with E-state index in [2.05, 4.69) is 15.0 Å². The lowest BCUT2D eigenvalue weighted by Gasteiger charge is -2.31. The molecule has 110 valence electrons. The zero-order chi connectivity index (χ0) is 13.9. The average Bonchev–Trinajstić information content (AvgIpc) is 2.62. The Bertz CT molecular complexity index is 467. The largest absolute Gasteiger partial charge is 0.360 e. The van der Waals surface area contributed by atoms with Crippen molar-refractivity contribution >= 4 is 5.91 Å². The molecule has 0 N–H and O–H groups in total. The quantitative estimate of drug-likeness (QED) is 0.845. The van der Waals surface area contributed by atoms with Gasteiger partial charge in [0, 0.05) is 38.2 Å². The van der Waals surface area contributed by atoms with Crippen LogP contribution in [0.1, 0.15) is 37.1 Å². The normalized spacial score (nSPS) is 21.6. The maximum absolute atomic E-state index is 12.3. The molecule has 1 aromatic heterocycles. The maximum atomic E-state index is 12.3. The molecule has 1 saturated carbocycles. The third kappa shape index (κ3) is 3.03. The number of carbonyl (C=O) groups is 1. The summed E-state index contributed by atoms with van der Waals surface area (Å²) >= 11 is 0. The summed E-state index contributed by atoms with van der Waals surface area (Å²) in [7, 11) is 0. The predicted molar refractivity (Wildman–Crippen MR) is 75.1 cm³/mol. The second-order valence-corrected chi connectivity index (χ2v) is 6.02. The van der Waals surface area contributed by atoms with Crippen LogP contribution >= 0.6 is 0 Å². The van der Waals surface area contributed by atoms with Gasteiger partial charge in [-0.25, -0.2) is 0 Å². The van der Waals surface area contributed by atoms with E-state index < -0.39 is 0 Å². The molecule has 1 aliphatic carbocycles. The van der Waals surface area contributed by atoms with Crippen LogP contribution in [0.4, 0.5) is 0 Å². The number of aryl methyl sites for hydroxylation is 1. The molecule has 1 aliphatic heterocycles. The molecular weight excluding hydrogens is 254 g/mol. The number of hydrogen-bond donors (Lipinski definition) is 0. The minimum Gasteiger partial charge on any atom is -0.360 e. The first kappa shape index (κ1) is 13.6. The number of rotatable bonds is 3. The highest BCUT2D eigenvalue weighted by molar-refractivity contribution is 5.79. The summed E-state index contributed by atoms with van der Waals surface area (Å²) < 4.78 is 5.27. The van der Waals surface area contributed by atoms with Crippen molar-refractivity contribution in [2.45, 2.75) is 39.2 Å². The third-order valence-electron chi connectivity index (χ3n) is 4.41. The van der Waals surface area contributed by atoms with Gasteiger partial charge in [0.15, 0.2) is 5.76 Å². The fraction of sp³-hybridized carbons (Fsp3) is 0.733. The second kappa shape index (κ2) is 5.95. The summed E-state index contributed by atoms with van der Waals surface area (Å²) in [5.74, 6) is 1.62. The Morgan fingerprint density at radius 2 is 2.15 bits per heavy atom. The summed E-state index contributed by atoms with van der Waals surface area (Å²) in [6.45, 7) is 6.44. The number of hydrogen-bond acceptors (Lipinski definition) is 4. The zero-order valence-electron chi connectivity index (χ0n) is 12.2. The van der Waals surface area contributed by atoms with Gasteiger partial charge in [-0.2, -0.15) is 0 Å². The van der Waals surface area contributed by atoms with Gasteiger partial charge in [-0.05, 0) is 26.2 Å². The van der Waals surface area contributed by atoms with Crippen LogP contribution in [0.3, 0.4) is 0 Å². The van der Waals surface area contributed by atoms with E-state index in [1.165, 1.54) is 6.42 Å². The molecule has 0 radical (unpaired) electrons. The lowest BCUT2D eigenvalue weighted by Crippen LogP contribution is -2.41. The molecule has 1 aromatic rings. The van der Waals surface area contributed by atoms with E-state index in [1.807, 2.05) is 13.0 Å². The molecule has 0 spiro atoms. The fourth-order valence-corrected chi connectivity index (χ4v) is 2.97. The summed E-state index contributed by atoms with van der Waals surface area (Å²) in [6.07, 6.45) is 4.46. The molecule has 0 atom stereocenters. The van der Waals surface area contributed by atoms with Crippen LogP contribution in [0.15, 0.2) is 10.6 Å². The van der Waals surface area contributed by atoms with Crippen LogP contribution in [0.2, 0.25) is 0 Å². The molecule has 0 bridgehead atoms. The number of aromatic nitrogens is 1. The summed E-state index contributed by atoms with van der Waals surface area (Å²) in [5.41, 5.74) is 0.927. The van der Waals surface area contributed by atoms with Crippen molar-refractivity contribution in [2.75, 3.05) is 26.2 Å². The van der Waals surface area contributed by atoms with E-state index in [9.17, 15) is 4.79 Å². The highest BCUT2D eigenvalue weighted by Gasteiger charge is 2.30. The summed E-state index contributed by atoms with van der Waals surface area (Å²) in [6, 6.07) is 1.99. The Labute approximate surface area is 119 Å². The third-order valence-corrected chi connectivity index (χ3v) is 4.41. The Morgan fingerprint density at radius 1 is 1.30 bits per heavy atom. The van der Waals surface area contributed by atoms with Crippen LogP contribution < -0.4 is 0 Å². The van der Waals surface area contributed by atoms with Crippen LogP contribution in [-0.4, -0.2) is 47.0 Å². The first-order valence-electron chi connectivity index (χ1n) is 7.66. The van der Waals surface area contributed by atoms with Crippen LogP contribution in [0.25, 0.3) is 0 Å². The Morgan fingerprint density at radius 3 is 2.80 bits per heavy atom. The second-order valence-electron chi connectivity index (χ2n) is 6.02. The first-order chi connectivity index (χ1) is 9.72. The summed E-state index contributed by atoms with van der Waals surface area (Å²) in [5, 5.41) is 3.92. The van der Waals surface area contributed by atoms with Crippen LogP contribution in [0.5, 0.6) is 0 Å². The van der Waals surface area contributed by atoms with Gasteiger partial charge in [-0.1, -0.05) is 11.6 Å². The van der Waals surface area contributed by atoms with Crippen molar-refractivity contribution in [3.63, 3.8) is 0 Å². The molecule has 5 heteroatoms. The molecular formula is C15H23N3O2. The highest BCUT2D eigenvalue weighted by Crippen LogP contribution is 2.28. The van der Waals surface area contributed by atoms with Crippen molar-refractivity contribution in [2.24, 2.45) is 5.92 Å². The summed E-state index contributed by atoms with van der Waals surface area (Å²) in [4.78, 5) is 16.7. The molecule has 3 rings (SSSR count). The van der Waals surface area contributed by atoms with E-state index in [-0.39, 0.29) is 0 Å². The van der Waals surface area contributed by atoms with Crippen LogP contribution in [-0.2, 0) is 11.3 Å². The molecule has 0 aromatic carbocycles. The number of nitrogens with zero attached hydrogens (tertiary/aromatic N) is 3. The van der Waals surface area contributed by atoms with Crippen LogP contribution in [0, 0.1) is 12.8 Å². The molecule has 1 saturated heterocycles. The maximum Gasteiger partial charge on any atom is 0.225 e. The lowest BCUT2D eigenvalue weighted by molar-refractivity contribution is -0.138. The lowest BCUT2D eigenvalue weighted by atomic mass is 9.84. The van der Waals surface area contributed by atoms with E-state index >= 15 is 0 Å². The molecule has 2 aliphatic rings. The van der Waals surface area contributed by atoms with Gasteiger partial charge in [0.2, 0.25) is 5.91 Å². The van der Waals surface area contributed by atoms with Crippen molar-refractivity contribution < 1.29 is 9.32 Å². The standard InChI is InChI=1S/C15H23N3O2/c1-12-10-14(20-16-12)11-17-6-3-7-18(9-8-17)15(19)13-4-2-5-13/h10,13H,2-9,11H2,1H3. The Hall–Kier alpha value is -1.36. The minimum absolute atomic E-state index is 0.318.